The number of aromatic amines is 1. The predicted octanol–water partition coefficient (Wildman–Crippen LogP) is 1.77. The fraction of sp³-hybridized carbons (Fsp3) is 0.529. The molecule has 8 nitrogen and oxygen atoms in total. The summed E-state index contributed by atoms with van der Waals surface area (Å²) in [6, 6.07) is 1.73. The number of rotatable bonds is 3. The third-order valence-corrected chi connectivity index (χ3v) is 6.83. The Morgan fingerprint density at radius 1 is 1.15 bits per heavy atom. The van der Waals surface area contributed by atoms with E-state index < -0.39 is 10.0 Å². The van der Waals surface area contributed by atoms with E-state index >= 15 is 0 Å². The van der Waals surface area contributed by atoms with Crippen LogP contribution < -0.4 is 0 Å². The number of sulfonamides is 1. The molecule has 0 atom stereocenters. The first kappa shape index (κ1) is 18.7. The number of carbonyl (C=O) groups excluding carboxylic acids is 1. The van der Waals surface area contributed by atoms with Crippen LogP contribution in [-0.2, 0) is 10.0 Å². The molecule has 142 valence electrons. The zero-order valence-corrected chi connectivity index (χ0v) is 16.3. The Hall–Kier alpha value is -2.13. The van der Waals surface area contributed by atoms with Gasteiger partial charge in [-0.25, -0.2) is 8.42 Å². The highest BCUT2D eigenvalue weighted by atomic mass is 32.2. The van der Waals surface area contributed by atoms with Crippen LogP contribution in [0.2, 0.25) is 0 Å². The molecule has 1 aliphatic heterocycles. The van der Waals surface area contributed by atoms with Crippen molar-refractivity contribution in [3.8, 4) is 0 Å². The van der Waals surface area contributed by atoms with Gasteiger partial charge in [0.2, 0.25) is 10.0 Å². The van der Waals surface area contributed by atoms with Gasteiger partial charge >= 0.3 is 0 Å². The smallest absolute Gasteiger partial charge is 0.257 e. The number of aromatic nitrogens is 2. The second-order valence-electron chi connectivity index (χ2n) is 6.64. The molecule has 9 heteroatoms. The second-order valence-corrected chi connectivity index (χ2v) is 8.51. The van der Waals surface area contributed by atoms with Gasteiger partial charge in [0.15, 0.2) is 0 Å². The van der Waals surface area contributed by atoms with Crippen LogP contribution in [0.3, 0.4) is 0 Å². The van der Waals surface area contributed by atoms with Crippen LogP contribution in [0.4, 0.5) is 0 Å². The van der Waals surface area contributed by atoms with Crippen LogP contribution in [0, 0.1) is 27.7 Å². The molecule has 0 unspecified atom stereocenters. The van der Waals surface area contributed by atoms with Crippen molar-refractivity contribution in [1.82, 2.24) is 19.4 Å². The number of nitrogens with one attached hydrogen (secondary N) is 1. The SMILES string of the molecule is Cc1cc(C(=O)N2CCCN(S(=O)(=O)c3c(C)n[nH]c3C)CC2)c(C)o1. The van der Waals surface area contributed by atoms with E-state index in [1.807, 2.05) is 0 Å². The number of amides is 1. The summed E-state index contributed by atoms with van der Waals surface area (Å²) in [6.07, 6.45) is 0.580. The maximum absolute atomic E-state index is 13.0. The Labute approximate surface area is 153 Å². The van der Waals surface area contributed by atoms with Crippen molar-refractivity contribution < 1.29 is 17.6 Å². The van der Waals surface area contributed by atoms with E-state index in [0.29, 0.717) is 54.5 Å². The maximum atomic E-state index is 13.0. The predicted molar refractivity (Wildman–Crippen MR) is 95.5 cm³/mol. The molecule has 26 heavy (non-hydrogen) atoms. The molecule has 1 aliphatic rings. The number of H-pyrrole nitrogens is 1. The minimum Gasteiger partial charge on any atom is -0.466 e. The number of hydrogen-bond donors (Lipinski definition) is 1. The number of furan rings is 1. The van der Waals surface area contributed by atoms with E-state index in [0.717, 1.165) is 0 Å². The van der Waals surface area contributed by atoms with E-state index in [1.54, 1.807) is 38.7 Å². The quantitative estimate of drug-likeness (QED) is 0.875. The Morgan fingerprint density at radius 2 is 1.88 bits per heavy atom. The lowest BCUT2D eigenvalue weighted by Gasteiger charge is -2.22. The van der Waals surface area contributed by atoms with E-state index in [9.17, 15) is 13.2 Å². The van der Waals surface area contributed by atoms with Gasteiger partial charge in [0.25, 0.3) is 5.91 Å². The molecule has 0 aromatic carbocycles. The van der Waals surface area contributed by atoms with E-state index in [4.69, 9.17) is 4.42 Å². The summed E-state index contributed by atoms with van der Waals surface area (Å²) in [5.41, 5.74) is 1.54. The molecule has 0 bridgehead atoms. The van der Waals surface area contributed by atoms with Gasteiger partial charge in [-0.15, -0.1) is 0 Å². The minimum atomic E-state index is -3.64. The average molecular weight is 380 g/mol. The fourth-order valence-corrected chi connectivity index (χ4v) is 5.20. The number of carbonyl (C=O) groups is 1. The summed E-state index contributed by atoms with van der Waals surface area (Å²) in [7, 11) is -3.64. The number of hydrogen-bond acceptors (Lipinski definition) is 5. The summed E-state index contributed by atoms with van der Waals surface area (Å²) < 4.78 is 32.9. The molecule has 1 saturated heterocycles. The first-order valence-corrected chi connectivity index (χ1v) is 10.0. The van der Waals surface area contributed by atoms with Crippen molar-refractivity contribution in [3.05, 3.63) is 34.5 Å². The van der Waals surface area contributed by atoms with Crippen LogP contribution in [0.15, 0.2) is 15.4 Å². The summed E-state index contributed by atoms with van der Waals surface area (Å²) in [4.78, 5) is 14.7. The van der Waals surface area contributed by atoms with Crippen LogP contribution in [0.25, 0.3) is 0 Å². The highest BCUT2D eigenvalue weighted by Gasteiger charge is 2.32. The van der Waals surface area contributed by atoms with Crippen molar-refractivity contribution in [1.29, 1.82) is 0 Å². The van der Waals surface area contributed by atoms with Gasteiger partial charge in [-0.2, -0.15) is 9.40 Å². The van der Waals surface area contributed by atoms with Gasteiger partial charge < -0.3 is 9.32 Å². The van der Waals surface area contributed by atoms with Gasteiger partial charge in [-0.1, -0.05) is 0 Å². The second kappa shape index (κ2) is 6.88. The molecule has 0 spiro atoms. The van der Waals surface area contributed by atoms with Crippen molar-refractivity contribution in [2.75, 3.05) is 26.2 Å². The topological polar surface area (TPSA) is 99.5 Å². The van der Waals surface area contributed by atoms with E-state index in [-0.39, 0.29) is 17.3 Å². The molecule has 3 rings (SSSR count). The maximum Gasteiger partial charge on any atom is 0.257 e. The normalized spacial score (nSPS) is 16.7. The third-order valence-electron chi connectivity index (χ3n) is 4.67. The van der Waals surface area contributed by atoms with Crippen LogP contribution in [-0.4, -0.2) is 59.9 Å². The molecule has 2 aromatic rings. The fourth-order valence-electron chi connectivity index (χ4n) is 3.40. The molecule has 1 amide bonds. The monoisotopic (exact) mass is 380 g/mol. The Kier molecular flexibility index (Phi) is 4.94. The van der Waals surface area contributed by atoms with Crippen LogP contribution >= 0.6 is 0 Å². The Morgan fingerprint density at radius 3 is 2.46 bits per heavy atom. The lowest BCUT2D eigenvalue weighted by molar-refractivity contribution is 0.0762. The summed E-state index contributed by atoms with van der Waals surface area (Å²) >= 11 is 0. The lowest BCUT2D eigenvalue weighted by Crippen LogP contribution is -2.37. The summed E-state index contributed by atoms with van der Waals surface area (Å²) in [6.45, 7) is 8.43. The van der Waals surface area contributed by atoms with Crippen LogP contribution in [0.1, 0.15) is 39.7 Å². The molecule has 0 saturated carbocycles. The van der Waals surface area contributed by atoms with Crippen molar-refractivity contribution in [3.63, 3.8) is 0 Å². The van der Waals surface area contributed by atoms with E-state index in [1.165, 1.54) is 4.31 Å². The van der Waals surface area contributed by atoms with Gasteiger partial charge in [0.1, 0.15) is 16.4 Å². The molecule has 0 radical (unpaired) electrons. The average Bonchev–Trinajstić information content (AvgIpc) is 2.96. The van der Waals surface area contributed by atoms with E-state index in [2.05, 4.69) is 10.2 Å². The van der Waals surface area contributed by atoms with Gasteiger partial charge in [0, 0.05) is 26.2 Å². The standard InChI is InChI=1S/C17H24N4O4S/c1-11-10-15(14(4)25-11)17(22)20-6-5-7-21(9-8-20)26(23,24)16-12(2)18-19-13(16)3/h10H,5-9H2,1-4H3,(H,18,19). The lowest BCUT2D eigenvalue weighted by atomic mass is 10.2. The number of aryl methyl sites for hydroxylation is 4. The first-order chi connectivity index (χ1) is 12.2. The summed E-state index contributed by atoms with van der Waals surface area (Å²) in [5.74, 6) is 1.16. The van der Waals surface area contributed by atoms with Gasteiger partial charge in [-0.05, 0) is 40.2 Å². The Balaban J connectivity index is 1.78. The number of nitrogens with zero attached hydrogens (tertiary/aromatic N) is 3. The third kappa shape index (κ3) is 3.28. The molecule has 2 aromatic heterocycles. The highest BCUT2D eigenvalue weighted by molar-refractivity contribution is 7.89. The Bertz CT molecular complexity index is 909. The molecule has 0 aliphatic carbocycles. The van der Waals surface area contributed by atoms with Gasteiger partial charge in [0.05, 0.1) is 17.0 Å². The zero-order valence-electron chi connectivity index (χ0n) is 15.5. The molecule has 1 fully saturated rings. The van der Waals surface area contributed by atoms with Crippen LogP contribution in [0.5, 0.6) is 0 Å². The zero-order chi connectivity index (χ0) is 19.1. The molecular weight excluding hydrogens is 356 g/mol. The summed E-state index contributed by atoms with van der Waals surface area (Å²) in [5, 5.41) is 6.71. The molecule has 3 heterocycles. The van der Waals surface area contributed by atoms with Crippen molar-refractivity contribution in [2.45, 2.75) is 39.0 Å². The largest absolute Gasteiger partial charge is 0.466 e. The molecular formula is C17H24N4O4S. The minimum absolute atomic E-state index is 0.116. The van der Waals surface area contributed by atoms with Gasteiger partial charge in [-0.3, -0.25) is 9.89 Å². The highest BCUT2D eigenvalue weighted by Crippen LogP contribution is 2.23. The van der Waals surface area contributed by atoms with Crippen molar-refractivity contribution in [2.24, 2.45) is 0 Å². The van der Waals surface area contributed by atoms with Crippen molar-refractivity contribution >= 4 is 15.9 Å². The molecule has 1 N–H and O–H groups in total. The first-order valence-electron chi connectivity index (χ1n) is 8.60.